The number of rotatable bonds is 6. The molecule has 1 saturated heterocycles. The second kappa shape index (κ2) is 7.59. The molecular formula is C16H24N6O2S. The van der Waals surface area contributed by atoms with Crippen molar-refractivity contribution in [1.82, 2.24) is 29.4 Å². The van der Waals surface area contributed by atoms with E-state index >= 15 is 0 Å². The highest BCUT2D eigenvalue weighted by Crippen LogP contribution is 2.14. The summed E-state index contributed by atoms with van der Waals surface area (Å²) in [5.74, 6) is 0.979. The predicted molar refractivity (Wildman–Crippen MR) is 94.8 cm³/mol. The van der Waals surface area contributed by atoms with Crippen molar-refractivity contribution in [1.29, 1.82) is 0 Å². The van der Waals surface area contributed by atoms with Gasteiger partial charge in [0.1, 0.15) is 0 Å². The number of aryl methyl sites for hydroxylation is 1. The van der Waals surface area contributed by atoms with E-state index in [2.05, 4.69) is 20.4 Å². The van der Waals surface area contributed by atoms with Crippen molar-refractivity contribution in [2.75, 3.05) is 31.9 Å². The molecule has 1 aliphatic heterocycles. The summed E-state index contributed by atoms with van der Waals surface area (Å²) in [5, 5.41) is 12.0. The van der Waals surface area contributed by atoms with Gasteiger partial charge in [-0.2, -0.15) is 8.99 Å². The van der Waals surface area contributed by atoms with Gasteiger partial charge >= 0.3 is 0 Å². The van der Waals surface area contributed by atoms with Crippen molar-refractivity contribution in [2.45, 2.75) is 26.8 Å². The molecule has 0 radical (unpaired) electrons. The lowest BCUT2D eigenvalue weighted by Gasteiger charge is -2.33. The minimum atomic E-state index is -3.11. The molecule has 136 valence electrons. The largest absolute Gasteiger partial charge is 0.293 e. The van der Waals surface area contributed by atoms with Crippen LogP contribution < -0.4 is 0 Å². The Hall–Kier alpha value is -1.84. The summed E-state index contributed by atoms with van der Waals surface area (Å²) >= 11 is 0. The molecule has 0 aliphatic carbocycles. The zero-order valence-corrected chi connectivity index (χ0v) is 15.5. The Morgan fingerprint density at radius 2 is 1.76 bits per heavy atom. The van der Waals surface area contributed by atoms with Crippen LogP contribution in [-0.4, -0.2) is 69.8 Å². The Balaban J connectivity index is 1.64. The van der Waals surface area contributed by atoms with Gasteiger partial charge in [-0.3, -0.25) is 4.90 Å². The van der Waals surface area contributed by atoms with E-state index in [4.69, 9.17) is 0 Å². The van der Waals surface area contributed by atoms with Crippen molar-refractivity contribution in [3.63, 3.8) is 0 Å². The Labute approximate surface area is 148 Å². The van der Waals surface area contributed by atoms with E-state index in [0.29, 0.717) is 39.1 Å². The monoisotopic (exact) mass is 364 g/mol. The van der Waals surface area contributed by atoms with Crippen LogP contribution in [0.5, 0.6) is 0 Å². The Morgan fingerprint density at radius 1 is 1.08 bits per heavy atom. The Bertz CT molecular complexity index is 794. The van der Waals surface area contributed by atoms with Gasteiger partial charge < -0.3 is 0 Å². The lowest BCUT2D eigenvalue weighted by atomic mass is 10.2. The van der Waals surface area contributed by atoms with Crippen molar-refractivity contribution >= 4 is 10.0 Å². The van der Waals surface area contributed by atoms with E-state index in [9.17, 15) is 8.42 Å². The molecule has 1 aromatic heterocycles. The molecule has 2 aromatic rings. The Morgan fingerprint density at radius 3 is 2.40 bits per heavy atom. The lowest BCUT2D eigenvalue weighted by molar-refractivity contribution is 0.177. The molecule has 1 fully saturated rings. The summed E-state index contributed by atoms with van der Waals surface area (Å²) in [5.41, 5.74) is 2.11. The van der Waals surface area contributed by atoms with Crippen LogP contribution in [0, 0.1) is 6.92 Å². The number of hydrogen-bond donors (Lipinski definition) is 0. The second-order valence-corrected chi connectivity index (χ2v) is 8.42. The lowest BCUT2D eigenvalue weighted by Crippen LogP contribution is -2.49. The summed E-state index contributed by atoms with van der Waals surface area (Å²) in [6.07, 6.45) is 0.647. The first-order valence-electron chi connectivity index (χ1n) is 8.54. The quantitative estimate of drug-likeness (QED) is 0.755. The van der Waals surface area contributed by atoms with Crippen molar-refractivity contribution in [2.24, 2.45) is 0 Å². The van der Waals surface area contributed by atoms with Gasteiger partial charge in [0, 0.05) is 26.2 Å². The van der Waals surface area contributed by atoms with Crippen LogP contribution in [0.25, 0.3) is 5.69 Å². The maximum absolute atomic E-state index is 12.1. The predicted octanol–water partition coefficient (Wildman–Crippen LogP) is 0.828. The van der Waals surface area contributed by atoms with Gasteiger partial charge in [0.25, 0.3) is 0 Å². The van der Waals surface area contributed by atoms with Crippen LogP contribution in [0.3, 0.4) is 0 Å². The first-order valence-corrected chi connectivity index (χ1v) is 10.1. The second-order valence-electron chi connectivity index (χ2n) is 6.33. The average molecular weight is 364 g/mol. The number of piperazine rings is 1. The number of nitrogens with zero attached hydrogens (tertiary/aromatic N) is 6. The molecule has 9 heteroatoms. The van der Waals surface area contributed by atoms with Crippen LogP contribution in [0.15, 0.2) is 24.3 Å². The van der Waals surface area contributed by atoms with Crippen molar-refractivity contribution in [3.8, 4) is 5.69 Å². The van der Waals surface area contributed by atoms with Crippen LogP contribution in [0.2, 0.25) is 0 Å². The standard InChI is InChI=1S/C16H24N6O2S/c1-3-12-25(23,24)21-10-8-20(9-11-21)13-16-17-18-19-22(16)15-6-4-14(2)5-7-15/h4-7H,3,8-13H2,1-2H3. The molecule has 0 bridgehead atoms. The summed E-state index contributed by atoms with van der Waals surface area (Å²) in [6, 6.07) is 8.03. The molecule has 0 atom stereocenters. The van der Waals surface area contributed by atoms with Gasteiger partial charge in [0.15, 0.2) is 5.82 Å². The summed E-state index contributed by atoms with van der Waals surface area (Å²) in [6.45, 7) is 6.94. The topological polar surface area (TPSA) is 84.2 Å². The smallest absolute Gasteiger partial charge is 0.214 e. The molecule has 2 heterocycles. The van der Waals surface area contributed by atoms with Gasteiger partial charge in [0.05, 0.1) is 18.0 Å². The van der Waals surface area contributed by atoms with Gasteiger partial charge in [-0.1, -0.05) is 24.6 Å². The molecule has 0 N–H and O–H groups in total. The molecule has 0 amide bonds. The van der Waals surface area contributed by atoms with E-state index in [1.54, 1.807) is 8.99 Å². The molecular weight excluding hydrogens is 340 g/mol. The van der Waals surface area contributed by atoms with Crippen LogP contribution in [0.4, 0.5) is 0 Å². The fourth-order valence-corrected chi connectivity index (χ4v) is 4.44. The van der Waals surface area contributed by atoms with Crippen molar-refractivity contribution < 1.29 is 8.42 Å². The highest BCUT2D eigenvalue weighted by atomic mass is 32.2. The third-order valence-electron chi connectivity index (χ3n) is 4.36. The number of hydrogen-bond acceptors (Lipinski definition) is 6. The summed E-state index contributed by atoms with van der Waals surface area (Å²) < 4.78 is 27.6. The van der Waals surface area contributed by atoms with E-state index in [-0.39, 0.29) is 5.75 Å². The average Bonchev–Trinajstić information content (AvgIpc) is 3.04. The number of benzene rings is 1. The van der Waals surface area contributed by atoms with E-state index < -0.39 is 10.0 Å². The molecule has 3 rings (SSSR count). The van der Waals surface area contributed by atoms with Gasteiger partial charge in [-0.15, -0.1) is 5.10 Å². The van der Waals surface area contributed by atoms with Crippen LogP contribution in [-0.2, 0) is 16.6 Å². The van der Waals surface area contributed by atoms with E-state index in [1.165, 1.54) is 5.56 Å². The molecule has 1 aromatic carbocycles. The van der Waals surface area contributed by atoms with E-state index in [0.717, 1.165) is 11.5 Å². The zero-order chi connectivity index (χ0) is 17.9. The van der Waals surface area contributed by atoms with Crippen LogP contribution in [0.1, 0.15) is 24.7 Å². The molecule has 0 unspecified atom stereocenters. The SMILES string of the molecule is CCCS(=O)(=O)N1CCN(Cc2nnnn2-c2ccc(C)cc2)CC1. The fraction of sp³-hybridized carbons (Fsp3) is 0.562. The molecule has 0 saturated carbocycles. The minimum absolute atomic E-state index is 0.221. The summed E-state index contributed by atoms with van der Waals surface area (Å²) in [4.78, 5) is 2.19. The van der Waals surface area contributed by atoms with Gasteiger partial charge in [0.2, 0.25) is 10.0 Å². The highest BCUT2D eigenvalue weighted by Gasteiger charge is 2.26. The van der Waals surface area contributed by atoms with Gasteiger partial charge in [-0.05, 0) is 35.9 Å². The molecule has 0 spiro atoms. The third kappa shape index (κ3) is 4.23. The van der Waals surface area contributed by atoms with Crippen molar-refractivity contribution in [3.05, 3.63) is 35.7 Å². The maximum Gasteiger partial charge on any atom is 0.214 e. The number of sulfonamides is 1. The molecule has 1 aliphatic rings. The fourth-order valence-electron chi connectivity index (χ4n) is 2.94. The molecule has 25 heavy (non-hydrogen) atoms. The van der Waals surface area contributed by atoms with Gasteiger partial charge in [-0.25, -0.2) is 8.42 Å². The van der Waals surface area contributed by atoms with E-state index in [1.807, 2.05) is 38.1 Å². The molecule has 8 nitrogen and oxygen atoms in total. The summed E-state index contributed by atoms with van der Waals surface area (Å²) in [7, 11) is -3.11. The minimum Gasteiger partial charge on any atom is -0.293 e. The maximum atomic E-state index is 12.1. The number of tetrazole rings is 1. The first kappa shape index (κ1) is 18.0. The van der Waals surface area contributed by atoms with Crippen LogP contribution >= 0.6 is 0 Å². The highest BCUT2D eigenvalue weighted by molar-refractivity contribution is 7.89. The normalized spacial score (nSPS) is 17.0. The zero-order valence-electron chi connectivity index (χ0n) is 14.7. The first-order chi connectivity index (χ1) is 12.0. The number of aromatic nitrogens is 4. The third-order valence-corrected chi connectivity index (χ3v) is 6.44. The Kier molecular flexibility index (Phi) is 5.45.